The van der Waals surface area contributed by atoms with Crippen molar-refractivity contribution in [2.75, 3.05) is 44.6 Å². The van der Waals surface area contributed by atoms with E-state index in [1.807, 2.05) is 19.1 Å². The zero-order chi connectivity index (χ0) is 23.4. The van der Waals surface area contributed by atoms with E-state index in [1.165, 1.54) is 22.5 Å². The molecule has 2 saturated heterocycles. The Morgan fingerprint density at radius 2 is 1.82 bits per heavy atom. The van der Waals surface area contributed by atoms with Gasteiger partial charge in [-0.25, -0.2) is 8.42 Å². The molecule has 10 heteroatoms. The number of anilines is 1. The number of rotatable bonds is 7. The molecular formula is C23H31ClN4O4S. The van der Waals surface area contributed by atoms with Crippen molar-refractivity contribution in [3.8, 4) is 0 Å². The molecule has 3 heterocycles. The van der Waals surface area contributed by atoms with Crippen molar-refractivity contribution in [1.29, 1.82) is 0 Å². The van der Waals surface area contributed by atoms with E-state index >= 15 is 0 Å². The minimum Gasteiger partial charge on any atom is -0.468 e. The summed E-state index contributed by atoms with van der Waals surface area (Å²) in [4.78, 5) is 17.5. The summed E-state index contributed by atoms with van der Waals surface area (Å²) in [6.45, 7) is 6.85. The fourth-order valence-electron chi connectivity index (χ4n) is 4.35. The molecular weight excluding hydrogens is 464 g/mol. The second kappa shape index (κ2) is 10.6. The molecule has 0 radical (unpaired) electrons. The average molecular weight is 495 g/mol. The SMILES string of the molecule is C[C@@H](C(=O)Nc1cc(S(=O)(=O)N2CCCCC2)ccc1Cl)N1CCN(Cc2ccco2)CC1. The van der Waals surface area contributed by atoms with Gasteiger partial charge in [0.15, 0.2) is 0 Å². The molecule has 0 bridgehead atoms. The van der Waals surface area contributed by atoms with Crippen LogP contribution >= 0.6 is 11.6 Å². The first kappa shape index (κ1) is 24.2. The lowest BCUT2D eigenvalue weighted by Crippen LogP contribution is -2.52. The predicted molar refractivity (Wildman–Crippen MR) is 128 cm³/mol. The summed E-state index contributed by atoms with van der Waals surface area (Å²) < 4.78 is 33.0. The van der Waals surface area contributed by atoms with E-state index in [4.69, 9.17) is 16.0 Å². The third-order valence-corrected chi connectivity index (χ3v) is 8.67. The zero-order valence-corrected chi connectivity index (χ0v) is 20.4. The van der Waals surface area contributed by atoms with Gasteiger partial charge in [0.05, 0.1) is 34.5 Å². The van der Waals surface area contributed by atoms with Crippen LogP contribution in [-0.4, -0.2) is 73.7 Å². The molecule has 1 aromatic carbocycles. The first-order valence-corrected chi connectivity index (χ1v) is 13.3. The number of carbonyl (C=O) groups is 1. The number of piperidine rings is 1. The molecule has 2 fully saturated rings. The number of benzene rings is 1. The van der Waals surface area contributed by atoms with Gasteiger partial charge in [-0.05, 0) is 50.1 Å². The Balaban J connectivity index is 1.37. The first-order chi connectivity index (χ1) is 15.8. The summed E-state index contributed by atoms with van der Waals surface area (Å²) in [6, 6.07) is 7.99. The number of hydrogen-bond donors (Lipinski definition) is 1. The largest absolute Gasteiger partial charge is 0.468 e. The van der Waals surface area contributed by atoms with Crippen molar-refractivity contribution in [3.05, 3.63) is 47.4 Å². The van der Waals surface area contributed by atoms with Crippen molar-refractivity contribution >= 4 is 33.2 Å². The van der Waals surface area contributed by atoms with Crippen molar-refractivity contribution in [3.63, 3.8) is 0 Å². The molecule has 0 unspecified atom stereocenters. The quantitative estimate of drug-likeness (QED) is 0.636. The van der Waals surface area contributed by atoms with E-state index in [0.29, 0.717) is 23.8 Å². The van der Waals surface area contributed by atoms with Crippen LogP contribution in [0.15, 0.2) is 45.9 Å². The Kier molecular flexibility index (Phi) is 7.76. The Hall–Kier alpha value is -1.91. The highest BCUT2D eigenvalue weighted by Gasteiger charge is 2.29. The van der Waals surface area contributed by atoms with E-state index in [0.717, 1.165) is 57.7 Å². The predicted octanol–water partition coefficient (Wildman–Crippen LogP) is 3.25. The maximum Gasteiger partial charge on any atom is 0.243 e. The second-order valence-electron chi connectivity index (χ2n) is 8.66. The first-order valence-electron chi connectivity index (χ1n) is 11.4. The van der Waals surface area contributed by atoms with E-state index in [1.54, 1.807) is 6.26 Å². The van der Waals surface area contributed by atoms with Gasteiger partial charge in [0.2, 0.25) is 15.9 Å². The molecule has 180 valence electrons. The van der Waals surface area contributed by atoms with Gasteiger partial charge in [-0.1, -0.05) is 18.0 Å². The molecule has 2 aromatic rings. The zero-order valence-electron chi connectivity index (χ0n) is 18.9. The molecule has 4 rings (SSSR count). The van der Waals surface area contributed by atoms with Crippen molar-refractivity contribution in [2.24, 2.45) is 0 Å². The topological polar surface area (TPSA) is 86.1 Å². The Morgan fingerprint density at radius 1 is 1.09 bits per heavy atom. The Bertz CT molecular complexity index is 1050. The molecule has 1 N–H and O–H groups in total. The summed E-state index contributed by atoms with van der Waals surface area (Å²) >= 11 is 6.30. The smallest absolute Gasteiger partial charge is 0.243 e. The van der Waals surface area contributed by atoms with Gasteiger partial charge in [0.1, 0.15) is 5.76 Å². The minimum absolute atomic E-state index is 0.156. The van der Waals surface area contributed by atoms with Crippen molar-refractivity contribution in [2.45, 2.75) is 43.7 Å². The number of piperazine rings is 1. The highest BCUT2D eigenvalue weighted by Crippen LogP contribution is 2.28. The molecule has 0 saturated carbocycles. The number of halogens is 1. The fourth-order valence-corrected chi connectivity index (χ4v) is 6.06. The number of hydrogen-bond acceptors (Lipinski definition) is 6. The van der Waals surface area contributed by atoms with Gasteiger partial charge in [0.25, 0.3) is 0 Å². The van der Waals surface area contributed by atoms with Crippen LogP contribution in [0.1, 0.15) is 31.9 Å². The third-order valence-electron chi connectivity index (χ3n) is 6.44. The lowest BCUT2D eigenvalue weighted by atomic mass is 10.2. The van der Waals surface area contributed by atoms with Crippen LogP contribution in [0.4, 0.5) is 5.69 Å². The molecule has 2 aliphatic heterocycles. The van der Waals surface area contributed by atoms with Crippen molar-refractivity contribution < 1.29 is 17.6 Å². The number of furan rings is 1. The summed E-state index contributed by atoms with van der Waals surface area (Å²) in [5, 5.41) is 3.16. The van der Waals surface area contributed by atoms with Gasteiger partial charge in [-0.3, -0.25) is 14.6 Å². The molecule has 8 nitrogen and oxygen atoms in total. The van der Waals surface area contributed by atoms with Crippen LogP contribution in [0.3, 0.4) is 0 Å². The standard InChI is InChI=1S/C23H31ClN4O4S/c1-18(27-13-11-26(12-14-27)17-19-6-5-15-32-19)23(29)25-22-16-20(7-8-21(22)24)33(30,31)28-9-3-2-4-10-28/h5-8,15-16,18H,2-4,9-14,17H2,1H3,(H,25,29)/t18-/m0/s1. The van der Waals surface area contributed by atoms with Crippen LogP contribution < -0.4 is 5.32 Å². The van der Waals surface area contributed by atoms with E-state index < -0.39 is 10.0 Å². The van der Waals surface area contributed by atoms with Crippen LogP contribution in [0.5, 0.6) is 0 Å². The van der Waals surface area contributed by atoms with Crippen LogP contribution in [-0.2, 0) is 21.4 Å². The van der Waals surface area contributed by atoms with Gasteiger partial charge in [0, 0.05) is 39.3 Å². The molecule has 1 aromatic heterocycles. The van der Waals surface area contributed by atoms with Crippen LogP contribution in [0, 0.1) is 0 Å². The molecule has 0 aliphatic carbocycles. The van der Waals surface area contributed by atoms with Gasteiger partial charge in [-0.15, -0.1) is 0 Å². The Labute approximate surface area is 200 Å². The van der Waals surface area contributed by atoms with Gasteiger partial charge < -0.3 is 9.73 Å². The van der Waals surface area contributed by atoms with E-state index in [2.05, 4.69) is 15.1 Å². The Morgan fingerprint density at radius 3 is 2.48 bits per heavy atom. The minimum atomic E-state index is -3.61. The number of amides is 1. The lowest BCUT2D eigenvalue weighted by molar-refractivity contribution is -0.121. The van der Waals surface area contributed by atoms with Gasteiger partial charge >= 0.3 is 0 Å². The van der Waals surface area contributed by atoms with Crippen LogP contribution in [0.25, 0.3) is 0 Å². The number of nitrogens with zero attached hydrogens (tertiary/aromatic N) is 3. The molecule has 0 spiro atoms. The summed E-state index contributed by atoms with van der Waals surface area (Å²) in [6.07, 6.45) is 4.45. The number of sulfonamides is 1. The fraction of sp³-hybridized carbons (Fsp3) is 0.522. The van der Waals surface area contributed by atoms with Crippen molar-refractivity contribution in [1.82, 2.24) is 14.1 Å². The summed E-state index contributed by atoms with van der Waals surface area (Å²) in [7, 11) is -3.61. The number of carbonyl (C=O) groups excluding carboxylic acids is 1. The third kappa shape index (κ3) is 5.78. The maximum absolute atomic E-state index is 13.0. The van der Waals surface area contributed by atoms with Crippen LogP contribution in [0.2, 0.25) is 5.02 Å². The highest BCUT2D eigenvalue weighted by atomic mass is 35.5. The normalized spacial score (nSPS) is 19.9. The summed E-state index contributed by atoms with van der Waals surface area (Å²) in [5.41, 5.74) is 0.322. The maximum atomic E-state index is 13.0. The molecule has 2 aliphatic rings. The monoisotopic (exact) mass is 494 g/mol. The lowest BCUT2D eigenvalue weighted by Gasteiger charge is -2.37. The molecule has 33 heavy (non-hydrogen) atoms. The molecule has 1 amide bonds. The van der Waals surface area contributed by atoms with E-state index in [9.17, 15) is 13.2 Å². The second-order valence-corrected chi connectivity index (χ2v) is 11.0. The average Bonchev–Trinajstić information content (AvgIpc) is 3.34. The van der Waals surface area contributed by atoms with Gasteiger partial charge in [-0.2, -0.15) is 4.31 Å². The molecule has 1 atom stereocenters. The van der Waals surface area contributed by atoms with E-state index in [-0.39, 0.29) is 16.8 Å². The summed E-state index contributed by atoms with van der Waals surface area (Å²) in [5.74, 6) is 0.729. The highest BCUT2D eigenvalue weighted by molar-refractivity contribution is 7.89. The number of nitrogens with one attached hydrogen (secondary N) is 1.